The lowest BCUT2D eigenvalue weighted by Gasteiger charge is -2.38. The molecule has 6 nitrogen and oxygen atoms in total. The summed E-state index contributed by atoms with van der Waals surface area (Å²) in [6, 6.07) is 11.3. The van der Waals surface area contributed by atoms with E-state index in [1.54, 1.807) is 11.0 Å². The summed E-state index contributed by atoms with van der Waals surface area (Å²) in [5.41, 5.74) is 0.718. The molecule has 6 heteroatoms. The van der Waals surface area contributed by atoms with E-state index in [9.17, 15) is 9.59 Å². The number of aromatic nitrogens is 1. The van der Waals surface area contributed by atoms with Gasteiger partial charge in [0.25, 0.3) is 5.91 Å². The number of nitrogens with zero attached hydrogens (tertiary/aromatic N) is 3. The SMILES string of the molecule is CC(C)(C(=O)N1CCN(C(=O)c2ccon2)CC1)c1ccccc1. The van der Waals surface area contributed by atoms with Gasteiger partial charge in [0.1, 0.15) is 6.26 Å². The van der Waals surface area contributed by atoms with Crippen LogP contribution >= 0.6 is 0 Å². The average Bonchev–Trinajstić information content (AvgIpc) is 3.16. The Labute approximate surface area is 141 Å². The summed E-state index contributed by atoms with van der Waals surface area (Å²) in [4.78, 5) is 28.7. The molecule has 0 radical (unpaired) electrons. The van der Waals surface area contributed by atoms with E-state index >= 15 is 0 Å². The summed E-state index contributed by atoms with van der Waals surface area (Å²) in [5.74, 6) is -0.0691. The predicted octanol–water partition coefficient (Wildman–Crippen LogP) is 1.94. The highest BCUT2D eigenvalue weighted by Crippen LogP contribution is 2.26. The summed E-state index contributed by atoms with van der Waals surface area (Å²) in [7, 11) is 0. The topological polar surface area (TPSA) is 66.7 Å². The molecule has 1 aliphatic rings. The van der Waals surface area contributed by atoms with Gasteiger partial charge in [-0.2, -0.15) is 0 Å². The molecule has 3 rings (SSSR count). The van der Waals surface area contributed by atoms with E-state index in [1.807, 2.05) is 49.1 Å². The Kier molecular flexibility index (Phi) is 4.38. The monoisotopic (exact) mass is 327 g/mol. The fourth-order valence-electron chi connectivity index (χ4n) is 2.97. The van der Waals surface area contributed by atoms with E-state index in [-0.39, 0.29) is 11.8 Å². The minimum absolute atomic E-state index is 0.0854. The first-order valence-electron chi connectivity index (χ1n) is 8.04. The largest absolute Gasteiger partial charge is 0.364 e. The second-order valence-corrected chi connectivity index (χ2v) is 6.46. The number of benzene rings is 1. The first kappa shape index (κ1) is 16.2. The Hall–Kier alpha value is -2.63. The quantitative estimate of drug-likeness (QED) is 0.864. The standard InChI is InChI=1S/C18H21N3O3/c1-18(2,14-6-4-3-5-7-14)17(23)21-11-9-20(10-12-21)16(22)15-8-13-24-19-15/h3-8,13H,9-12H2,1-2H3. The summed E-state index contributed by atoms with van der Waals surface area (Å²) in [5, 5.41) is 3.68. The molecule has 1 aromatic carbocycles. The van der Waals surface area contributed by atoms with Crippen LogP contribution in [0.15, 0.2) is 47.2 Å². The molecular formula is C18H21N3O3. The van der Waals surface area contributed by atoms with Gasteiger partial charge >= 0.3 is 0 Å². The second kappa shape index (κ2) is 6.47. The van der Waals surface area contributed by atoms with Crippen molar-refractivity contribution in [2.75, 3.05) is 26.2 Å². The number of rotatable bonds is 3. The fourth-order valence-corrected chi connectivity index (χ4v) is 2.97. The van der Waals surface area contributed by atoms with Gasteiger partial charge in [0.15, 0.2) is 5.69 Å². The molecule has 0 aliphatic carbocycles. The average molecular weight is 327 g/mol. The third-order valence-electron chi connectivity index (χ3n) is 4.54. The van der Waals surface area contributed by atoms with Gasteiger partial charge in [-0.25, -0.2) is 0 Å². The van der Waals surface area contributed by atoms with Crippen LogP contribution in [0.25, 0.3) is 0 Å². The van der Waals surface area contributed by atoms with Crippen molar-refractivity contribution in [1.29, 1.82) is 0 Å². The molecular weight excluding hydrogens is 306 g/mol. The lowest BCUT2D eigenvalue weighted by Crippen LogP contribution is -2.54. The fraction of sp³-hybridized carbons (Fsp3) is 0.389. The van der Waals surface area contributed by atoms with Crippen LogP contribution in [0.1, 0.15) is 29.9 Å². The number of amides is 2. The second-order valence-electron chi connectivity index (χ2n) is 6.46. The zero-order valence-electron chi connectivity index (χ0n) is 13.9. The Bertz CT molecular complexity index is 702. The Morgan fingerprint density at radius 1 is 1.00 bits per heavy atom. The van der Waals surface area contributed by atoms with Crippen molar-refractivity contribution >= 4 is 11.8 Å². The van der Waals surface area contributed by atoms with Gasteiger partial charge in [-0.15, -0.1) is 0 Å². The van der Waals surface area contributed by atoms with E-state index in [4.69, 9.17) is 4.52 Å². The Morgan fingerprint density at radius 2 is 1.62 bits per heavy atom. The van der Waals surface area contributed by atoms with Crippen LogP contribution in [0.2, 0.25) is 0 Å². The van der Waals surface area contributed by atoms with Gasteiger partial charge in [-0.1, -0.05) is 35.5 Å². The maximum absolute atomic E-state index is 12.9. The van der Waals surface area contributed by atoms with Gasteiger partial charge in [0.05, 0.1) is 5.41 Å². The number of piperazine rings is 1. The van der Waals surface area contributed by atoms with Gasteiger partial charge in [-0.3, -0.25) is 9.59 Å². The highest BCUT2D eigenvalue weighted by Gasteiger charge is 2.35. The summed E-state index contributed by atoms with van der Waals surface area (Å²) in [6.07, 6.45) is 1.38. The molecule has 0 atom stereocenters. The Morgan fingerprint density at radius 3 is 2.21 bits per heavy atom. The molecule has 1 aliphatic heterocycles. The van der Waals surface area contributed by atoms with Crippen molar-refractivity contribution in [1.82, 2.24) is 15.0 Å². The molecule has 0 spiro atoms. The van der Waals surface area contributed by atoms with Gasteiger partial charge in [0.2, 0.25) is 5.91 Å². The molecule has 0 bridgehead atoms. The van der Waals surface area contributed by atoms with Gasteiger partial charge in [0, 0.05) is 32.2 Å². The molecule has 1 saturated heterocycles. The first-order chi connectivity index (χ1) is 11.5. The zero-order chi connectivity index (χ0) is 17.2. The molecule has 126 valence electrons. The van der Waals surface area contributed by atoms with Crippen LogP contribution in [-0.4, -0.2) is 52.9 Å². The number of carbonyl (C=O) groups excluding carboxylic acids is 2. The minimum Gasteiger partial charge on any atom is -0.364 e. The molecule has 2 heterocycles. The van der Waals surface area contributed by atoms with E-state index < -0.39 is 5.41 Å². The molecule has 24 heavy (non-hydrogen) atoms. The third kappa shape index (κ3) is 3.04. The molecule has 0 saturated carbocycles. The normalized spacial score (nSPS) is 15.4. The van der Waals surface area contributed by atoms with Crippen LogP contribution in [0.5, 0.6) is 0 Å². The van der Waals surface area contributed by atoms with Crippen molar-refractivity contribution in [2.45, 2.75) is 19.3 Å². The highest BCUT2D eigenvalue weighted by molar-refractivity contribution is 5.92. The van der Waals surface area contributed by atoms with Crippen LogP contribution in [0.3, 0.4) is 0 Å². The van der Waals surface area contributed by atoms with Crippen LogP contribution in [0.4, 0.5) is 0 Å². The summed E-state index contributed by atoms with van der Waals surface area (Å²) < 4.78 is 4.72. The summed E-state index contributed by atoms with van der Waals surface area (Å²) >= 11 is 0. The third-order valence-corrected chi connectivity index (χ3v) is 4.54. The zero-order valence-corrected chi connectivity index (χ0v) is 13.9. The smallest absolute Gasteiger partial charge is 0.276 e. The molecule has 1 fully saturated rings. The van der Waals surface area contributed by atoms with Gasteiger partial charge in [-0.05, 0) is 19.4 Å². The number of hydrogen-bond donors (Lipinski definition) is 0. The van der Waals surface area contributed by atoms with Crippen LogP contribution in [-0.2, 0) is 10.2 Å². The predicted molar refractivity (Wildman–Crippen MR) is 88.5 cm³/mol. The van der Waals surface area contributed by atoms with Crippen molar-refractivity contribution in [3.8, 4) is 0 Å². The minimum atomic E-state index is -0.584. The van der Waals surface area contributed by atoms with Gasteiger partial charge < -0.3 is 14.3 Å². The maximum Gasteiger partial charge on any atom is 0.276 e. The van der Waals surface area contributed by atoms with E-state index in [0.717, 1.165) is 5.56 Å². The highest BCUT2D eigenvalue weighted by atomic mass is 16.5. The number of hydrogen-bond acceptors (Lipinski definition) is 4. The van der Waals surface area contributed by atoms with Crippen molar-refractivity contribution in [2.24, 2.45) is 0 Å². The van der Waals surface area contributed by atoms with Crippen molar-refractivity contribution < 1.29 is 14.1 Å². The Balaban J connectivity index is 1.64. The molecule has 0 N–H and O–H groups in total. The summed E-state index contributed by atoms with van der Waals surface area (Å²) in [6.45, 7) is 5.94. The lowest BCUT2D eigenvalue weighted by atomic mass is 9.83. The first-order valence-corrected chi connectivity index (χ1v) is 8.04. The van der Waals surface area contributed by atoms with E-state index in [0.29, 0.717) is 31.9 Å². The van der Waals surface area contributed by atoms with Crippen LogP contribution in [0, 0.1) is 0 Å². The van der Waals surface area contributed by atoms with Crippen LogP contribution < -0.4 is 0 Å². The van der Waals surface area contributed by atoms with Crippen molar-refractivity contribution in [3.05, 3.63) is 53.9 Å². The molecule has 0 unspecified atom stereocenters. The molecule has 2 amide bonds. The molecule has 1 aromatic heterocycles. The maximum atomic E-state index is 12.9. The van der Waals surface area contributed by atoms with Crippen molar-refractivity contribution in [3.63, 3.8) is 0 Å². The molecule has 2 aromatic rings. The van der Waals surface area contributed by atoms with E-state index in [1.165, 1.54) is 6.26 Å². The number of carbonyl (C=O) groups is 2. The lowest BCUT2D eigenvalue weighted by molar-refractivity contribution is -0.137. The van der Waals surface area contributed by atoms with E-state index in [2.05, 4.69) is 5.16 Å².